The van der Waals surface area contributed by atoms with Crippen LogP contribution >= 0.6 is 15.9 Å². The maximum Gasteiger partial charge on any atom is 0.307 e. The number of ether oxygens (including phenoxy) is 1. The van der Waals surface area contributed by atoms with Crippen LogP contribution < -0.4 is 5.73 Å². The number of rotatable bonds is 3. The van der Waals surface area contributed by atoms with Crippen LogP contribution in [0.1, 0.15) is 18.2 Å². The van der Waals surface area contributed by atoms with Crippen molar-refractivity contribution in [1.29, 1.82) is 0 Å². The minimum Gasteiger partial charge on any atom is -0.469 e. The fourth-order valence-electron chi connectivity index (χ4n) is 0.974. The molecule has 76 valence electrons. The number of hydrogen-bond donors (Lipinski definition) is 1. The summed E-state index contributed by atoms with van der Waals surface area (Å²) >= 11 is 3.26. The minimum absolute atomic E-state index is 0.144. The van der Waals surface area contributed by atoms with Gasteiger partial charge in [-0.2, -0.15) is 0 Å². The molecule has 1 aromatic heterocycles. The van der Waals surface area contributed by atoms with Crippen molar-refractivity contribution >= 4 is 21.9 Å². The summed E-state index contributed by atoms with van der Waals surface area (Å²) in [6.07, 6.45) is 1.79. The minimum atomic E-state index is -0.407. The summed E-state index contributed by atoms with van der Waals surface area (Å²) in [4.78, 5) is 15.0. The summed E-state index contributed by atoms with van der Waals surface area (Å²) in [5, 5.41) is 0. The zero-order chi connectivity index (χ0) is 10.6. The Kier molecular flexibility index (Phi) is 4.03. The van der Waals surface area contributed by atoms with E-state index in [1.165, 1.54) is 7.11 Å². The molecule has 0 saturated heterocycles. The Balaban J connectivity index is 2.65. The zero-order valence-electron chi connectivity index (χ0n) is 7.74. The van der Waals surface area contributed by atoms with Crippen molar-refractivity contribution in [3.63, 3.8) is 0 Å². The van der Waals surface area contributed by atoms with Crippen LogP contribution in [-0.4, -0.2) is 18.1 Å². The molecule has 0 amide bonds. The van der Waals surface area contributed by atoms with Crippen molar-refractivity contribution in [3.05, 3.63) is 28.5 Å². The standard InChI is InChI=1S/C9H11BrN2O2/c1-14-9(13)4-7(11)8-3-2-6(10)5-12-8/h2-3,5,7H,4,11H2,1H3/t7-/m1/s1. The Hall–Kier alpha value is -0.940. The SMILES string of the molecule is COC(=O)C[C@@H](N)c1ccc(Br)cn1. The first-order valence-electron chi connectivity index (χ1n) is 4.07. The summed E-state index contributed by atoms with van der Waals surface area (Å²) in [5.41, 5.74) is 6.42. The third kappa shape index (κ3) is 3.08. The van der Waals surface area contributed by atoms with Crippen LogP contribution in [0.4, 0.5) is 0 Å². The Bertz CT molecular complexity index is 313. The maximum absolute atomic E-state index is 10.9. The van der Waals surface area contributed by atoms with Crippen LogP contribution in [0.25, 0.3) is 0 Å². The second-order valence-corrected chi connectivity index (χ2v) is 3.70. The van der Waals surface area contributed by atoms with Crippen molar-refractivity contribution in [2.45, 2.75) is 12.5 Å². The fourth-order valence-corrected chi connectivity index (χ4v) is 1.21. The van der Waals surface area contributed by atoms with E-state index in [1.807, 2.05) is 6.07 Å². The van der Waals surface area contributed by atoms with Crippen molar-refractivity contribution in [2.24, 2.45) is 5.73 Å². The molecule has 0 saturated carbocycles. The van der Waals surface area contributed by atoms with Crippen molar-refractivity contribution in [2.75, 3.05) is 7.11 Å². The van der Waals surface area contributed by atoms with Crippen molar-refractivity contribution in [1.82, 2.24) is 4.98 Å². The van der Waals surface area contributed by atoms with E-state index in [0.717, 1.165) is 4.47 Å². The molecule has 0 aliphatic carbocycles. The van der Waals surface area contributed by atoms with E-state index in [-0.39, 0.29) is 12.4 Å². The molecule has 0 unspecified atom stereocenters. The lowest BCUT2D eigenvalue weighted by Crippen LogP contribution is -2.17. The number of esters is 1. The Labute approximate surface area is 90.6 Å². The van der Waals surface area contributed by atoms with Gasteiger partial charge in [-0.05, 0) is 28.1 Å². The molecule has 0 fully saturated rings. The summed E-state index contributed by atoms with van der Waals surface area (Å²) in [6, 6.07) is 3.20. The van der Waals surface area contributed by atoms with Crippen LogP contribution in [-0.2, 0) is 9.53 Å². The summed E-state index contributed by atoms with van der Waals surface area (Å²) in [6.45, 7) is 0. The quantitative estimate of drug-likeness (QED) is 0.833. The van der Waals surface area contributed by atoms with Gasteiger partial charge in [0.15, 0.2) is 0 Å². The van der Waals surface area contributed by atoms with Gasteiger partial charge in [-0.15, -0.1) is 0 Å². The molecule has 1 aromatic rings. The number of aromatic nitrogens is 1. The lowest BCUT2D eigenvalue weighted by Gasteiger charge is -2.08. The van der Waals surface area contributed by atoms with E-state index in [4.69, 9.17) is 5.73 Å². The lowest BCUT2D eigenvalue weighted by molar-refractivity contribution is -0.141. The van der Waals surface area contributed by atoms with Gasteiger partial charge in [-0.3, -0.25) is 9.78 Å². The van der Waals surface area contributed by atoms with Crippen LogP contribution in [0.5, 0.6) is 0 Å². The third-order valence-electron chi connectivity index (χ3n) is 1.74. The van der Waals surface area contributed by atoms with E-state index in [9.17, 15) is 4.79 Å². The van der Waals surface area contributed by atoms with Gasteiger partial charge in [-0.25, -0.2) is 0 Å². The molecule has 0 aliphatic heterocycles. The molecule has 5 heteroatoms. The second-order valence-electron chi connectivity index (χ2n) is 2.79. The number of halogens is 1. The maximum atomic E-state index is 10.9. The highest BCUT2D eigenvalue weighted by Gasteiger charge is 2.12. The van der Waals surface area contributed by atoms with Gasteiger partial charge in [0.25, 0.3) is 0 Å². The Morgan fingerprint density at radius 2 is 2.43 bits per heavy atom. The average molecular weight is 259 g/mol. The average Bonchev–Trinajstić information content (AvgIpc) is 2.18. The molecule has 0 spiro atoms. The molecule has 0 radical (unpaired) electrons. The predicted octanol–water partition coefficient (Wildman–Crippen LogP) is 1.41. The summed E-state index contributed by atoms with van der Waals surface area (Å²) in [5.74, 6) is -0.331. The van der Waals surface area contributed by atoms with E-state index in [2.05, 4.69) is 25.7 Å². The number of pyridine rings is 1. The van der Waals surface area contributed by atoms with E-state index in [1.54, 1.807) is 12.3 Å². The van der Waals surface area contributed by atoms with Crippen LogP contribution in [0.3, 0.4) is 0 Å². The van der Waals surface area contributed by atoms with Gasteiger partial charge < -0.3 is 10.5 Å². The van der Waals surface area contributed by atoms with Gasteiger partial charge >= 0.3 is 5.97 Å². The molecule has 0 bridgehead atoms. The molecule has 1 rings (SSSR count). The fraction of sp³-hybridized carbons (Fsp3) is 0.333. The summed E-state index contributed by atoms with van der Waals surface area (Å²) < 4.78 is 5.39. The molecule has 1 atom stereocenters. The number of nitrogens with two attached hydrogens (primary N) is 1. The van der Waals surface area contributed by atoms with E-state index < -0.39 is 6.04 Å². The van der Waals surface area contributed by atoms with E-state index in [0.29, 0.717) is 5.69 Å². The van der Waals surface area contributed by atoms with Crippen LogP contribution in [0.2, 0.25) is 0 Å². The van der Waals surface area contributed by atoms with Gasteiger partial charge in [0.1, 0.15) is 0 Å². The first kappa shape index (κ1) is 11.1. The highest BCUT2D eigenvalue weighted by Crippen LogP contribution is 2.14. The van der Waals surface area contributed by atoms with Gasteiger partial charge in [0.05, 0.1) is 25.3 Å². The van der Waals surface area contributed by atoms with Gasteiger partial charge in [0, 0.05) is 10.7 Å². The molecular weight excluding hydrogens is 248 g/mol. The highest BCUT2D eigenvalue weighted by molar-refractivity contribution is 9.10. The Morgan fingerprint density at radius 3 is 2.93 bits per heavy atom. The van der Waals surface area contributed by atoms with E-state index >= 15 is 0 Å². The largest absolute Gasteiger partial charge is 0.469 e. The number of nitrogens with zero attached hydrogens (tertiary/aromatic N) is 1. The molecular formula is C9H11BrN2O2. The smallest absolute Gasteiger partial charge is 0.307 e. The van der Waals surface area contributed by atoms with Crippen molar-refractivity contribution < 1.29 is 9.53 Å². The van der Waals surface area contributed by atoms with Crippen LogP contribution in [0.15, 0.2) is 22.8 Å². The normalized spacial score (nSPS) is 12.2. The number of hydrogen-bond acceptors (Lipinski definition) is 4. The predicted molar refractivity (Wildman–Crippen MR) is 55.5 cm³/mol. The molecule has 14 heavy (non-hydrogen) atoms. The lowest BCUT2D eigenvalue weighted by atomic mass is 10.1. The topological polar surface area (TPSA) is 65.2 Å². The number of carbonyl (C=O) groups is 1. The molecule has 0 aliphatic rings. The van der Waals surface area contributed by atoms with Crippen LogP contribution in [0, 0.1) is 0 Å². The first-order chi connectivity index (χ1) is 6.63. The van der Waals surface area contributed by atoms with Gasteiger partial charge in [-0.1, -0.05) is 0 Å². The Morgan fingerprint density at radius 1 is 1.71 bits per heavy atom. The number of carbonyl (C=O) groups excluding carboxylic acids is 1. The molecule has 4 nitrogen and oxygen atoms in total. The zero-order valence-corrected chi connectivity index (χ0v) is 9.32. The third-order valence-corrected chi connectivity index (χ3v) is 2.21. The second kappa shape index (κ2) is 5.07. The molecule has 1 heterocycles. The number of methoxy groups -OCH3 is 1. The first-order valence-corrected chi connectivity index (χ1v) is 4.86. The molecule has 2 N–H and O–H groups in total. The van der Waals surface area contributed by atoms with Gasteiger partial charge in [0.2, 0.25) is 0 Å². The molecule has 0 aromatic carbocycles. The highest BCUT2D eigenvalue weighted by atomic mass is 79.9. The monoisotopic (exact) mass is 258 g/mol. The van der Waals surface area contributed by atoms with Crippen molar-refractivity contribution in [3.8, 4) is 0 Å². The summed E-state index contributed by atoms with van der Waals surface area (Å²) in [7, 11) is 1.34.